The van der Waals surface area contributed by atoms with Gasteiger partial charge in [-0.2, -0.15) is 0 Å². The lowest BCUT2D eigenvalue weighted by molar-refractivity contribution is 0.111. The Labute approximate surface area is 83.5 Å². The van der Waals surface area contributed by atoms with Crippen LogP contribution >= 0.6 is 0 Å². The van der Waals surface area contributed by atoms with Crippen molar-refractivity contribution in [3.63, 3.8) is 0 Å². The molecule has 1 unspecified atom stereocenters. The number of carbonyl (C=O) groups is 1. The molecule has 0 spiro atoms. The number of hydrogen-bond donors (Lipinski definition) is 0. The molecule has 1 aliphatic rings. The number of fused-ring (bicyclic) bond motifs is 1. The number of hydrogen-bond acceptors (Lipinski definition) is 3. The summed E-state index contributed by atoms with van der Waals surface area (Å²) in [7, 11) is 4.17. The van der Waals surface area contributed by atoms with Crippen molar-refractivity contribution in [1.29, 1.82) is 0 Å². The summed E-state index contributed by atoms with van der Waals surface area (Å²) in [6.07, 6.45) is 4.59. The van der Waals surface area contributed by atoms with Crippen LogP contribution in [0.5, 0.6) is 0 Å². The molecule has 0 bridgehead atoms. The summed E-state index contributed by atoms with van der Waals surface area (Å²) >= 11 is 0. The second-order valence-electron chi connectivity index (χ2n) is 3.98. The van der Waals surface area contributed by atoms with Crippen molar-refractivity contribution in [1.82, 2.24) is 14.5 Å². The zero-order valence-corrected chi connectivity index (χ0v) is 8.60. The molecule has 1 aromatic rings. The van der Waals surface area contributed by atoms with Crippen LogP contribution in [0.15, 0.2) is 6.20 Å². The highest BCUT2D eigenvalue weighted by Crippen LogP contribution is 2.18. The standard InChI is InChI=1S/C10H15N3O/c1-12(2)8-3-4-13-9(7-14)6-11-10(13)5-8/h6-8H,3-5H2,1-2H3. The minimum Gasteiger partial charge on any atom is -0.326 e. The average molecular weight is 193 g/mol. The monoisotopic (exact) mass is 193 g/mol. The van der Waals surface area contributed by atoms with Crippen molar-refractivity contribution in [3.8, 4) is 0 Å². The molecule has 1 atom stereocenters. The van der Waals surface area contributed by atoms with E-state index >= 15 is 0 Å². The molecule has 0 fully saturated rings. The van der Waals surface area contributed by atoms with Crippen LogP contribution in [0.4, 0.5) is 0 Å². The van der Waals surface area contributed by atoms with E-state index in [2.05, 4.69) is 24.0 Å². The van der Waals surface area contributed by atoms with E-state index in [-0.39, 0.29) is 0 Å². The molecule has 76 valence electrons. The van der Waals surface area contributed by atoms with E-state index in [0.29, 0.717) is 11.7 Å². The Kier molecular flexibility index (Phi) is 2.37. The van der Waals surface area contributed by atoms with Gasteiger partial charge in [-0.15, -0.1) is 0 Å². The minimum atomic E-state index is 0.560. The Morgan fingerprint density at radius 1 is 1.64 bits per heavy atom. The SMILES string of the molecule is CN(C)C1CCn2c(C=O)cnc2C1. The van der Waals surface area contributed by atoms with Gasteiger partial charge in [0.05, 0.1) is 6.20 Å². The second kappa shape index (κ2) is 3.53. The van der Waals surface area contributed by atoms with E-state index in [0.717, 1.165) is 31.5 Å². The summed E-state index contributed by atoms with van der Waals surface area (Å²) in [4.78, 5) is 17.2. The van der Waals surface area contributed by atoms with Crippen LogP contribution in [-0.2, 0) is 13.0 Å². The molecule has 1 aliphatic heterocycles. The first-order valence-corrected chi connectivity index (χ1v) is 4.88. The summed E-state index contributed by atoms with van der Waals surface area (Å²) in [5.41, 5.74) is 0.706. The number of imidazole rings is 1. The van der Waals surface area contributed by atoms with Crippen LogP contribution in [0.25, 0.3) is 0 Å². The summed E-state index contributed by atoms with van der Waals surface area (Å²) in [5.74, 6) is 1.04. The highest BCUT2D eigenvalue weighted by molar-refractivity contribution is 5.71. The molecule has 4 heteroatoms. The molecule has 0 amide bonds. The number of nitrogens with zero attached hydrogens (tertiary/aromatic N) is 3. The molecule has 14 heavy (non-hydrogen) atoms. The summed E-state index contributed by atoms with van der Waals surface area (Å²) in [6.45, 7) is 0.909. The van der Waals surface area contributed by atoms with E-state index in [1.54, 1.807) is 6.20 Å². The van der Waals surface area contributed by atoms with Gasteiger partial charge in [0.15, 0.2) is 6.29 Å². The molecule has 0 aromatic carbocycles. The lowest BCUT2D eigenvalue weighted by Gasteiger charge is -2.29. The van der Waals surface area contributed by atoms with Gasteiger partial charge < -0.3 is 9.47 Å². The summed E-state index contributed by atoms with van der Waals surface area (Å²) in [5, 5.41) is 0. The number of aldehydes is 1. The highest BCUT2D eigenvalue weighted by Gasteiger charge is 2.22. The van der Waals surface area contributed by atoms with Gasteiger partial charge in [0, 0.05) is 19.0 Å². The maximum Gasteiger partial charge on any atom is 0.168 e. The van der Waals surface area contributed by atoms with Crippen LogP contribution in [0.2, 0.25) is 0 Å². The summed E-state index contributed by atoms with van der Waals surface area (Å²) in [6, 6.07) is 0.560. The number of rotatable bonds is 2. The third-order valence-electron chi connectivity index (χ3n) is 2.92. The highest BCUT2D eigenvalue weighted by atomic mass is 16.1. The fourth-order valence-electron chi connectivity index (χ4n) is 1.98. The molecule has 0 saturated heterocycles. The van der Waals surface area contributed by atoms with Crippen molar-refractivity contribution in [3.05, 3.63) is 17.7 Å². The number of aromatic nitrogens is 2. The van der Waals surface area contributed by atoms with Crippen molar-refractivity contribution in [2.45, 2.75) is 25.4 Å². The first kappa shape index (κ1) is 9.40. The maximum atomic E-state index is 10.7. The first-order chi connectivity index (χ1) is 6.72. The van der Waals surface area contributed by atoms with E-state index < -0.39 is 0 Å². The van der Waals surface area contributed by atoms with Gasteiger partial charge in [0.2, 0.25) is 0 Å². The minimum absolute atomic E-state index is 0.560. The molecule has 2 heterocycles. The molecule has 1 aromatic heterocycles. The van der Waals surface area contributed by atoms with Crippen LogP contribution in [0.1, 0.15) is 22.7 Å². The second-order valence-corrected chi connectivity index (χ2v) is 3.98. The van der Waals surface area contributed by atoms with Crippen molar-refractivity contribution in [2.75, 3.05) is 14.1 Å². The van der Waals surface area contributed by atoms with Crippen molar-refractivity contribution < 1.29 is 4.79 Å². The predicted molar refractivity (Wildman–Crippen MR) is 53.4 cm³/mol. The Morgan fingerprint density at radius 2 is 2.43 bits per heavy atom. The summed E-state index contributed by atoms with van der Waals surface area (Å²) < 4.78 is 2.02. The maximum absolute atomic E-state index is 10.7. The lowest BCUT2D eigenvalue weighted by Crippen LogP contribution is -2.35. The van der Waals surface area contributed by atoms with Gasteiger partial charge >= 0.3 is 0 Å². The molecular formula is C10H15N3O. The fourth-order valence-corrected chi connectivity index (χ4v) is 1.98. The first-order valence-electron chi connectivity index (χ1n) is 4.88. The predicted octanol–water partition coefficient (Wildman–Crippen LogP) is 0.572. The van der Waals surface area contributed by atoms with E-state index in [4.69, 9.17) is 0 Å². The van der Waals surface area contributed by atoms with Gasteiger partial charge in [-0.25, -0.2) is 4.98 Å². The quantitative estimate of drug-likeness (QED) is 0.645. The Bertz CT molecular complexity index is 343. The van der Waals surface area contributed by atoms with Crippen LogP contribution < -0.4 is 0 Å². The molecular weight excluding hydrogens is 178 g/mol. The van der Waals surface area contributed by atoms with Crippen molar-refractivity contribution >= 4 is 6.29 Å². The van der Waals surface area contributed by atoms with Crippen LogP contribution in [-0.4, -0.2) is 40.9 Å². The molecule has 0 aliphatic carbocycles. The topological polar surface area (TPSA) is 38.1 Å². The van der Waals surface area contributed by atoms with Gasteiger partial charge in [-0.3, -0.25) is 4.79 Å². The molecule has 2 rings (SSSR count). The zero-order valence-electron chi connectivity index (χ0n) is 8.60. The normalized spacial score (nSPS) is 20.9. The van der Waals surface area contributed by atoms with Crippen LogP contribution in [0.3, 0.4) is 0 Å². The third-order valence-corrected chi connectivity index (χ3v) is 2.92. The van der Waals surface area contributed by atoms with E-state index in [1.165, 1.54) is 0 Å². The van der Waals surface area contributed by atoms with Gasteiger partial charge in [-0.05, 0) is 20.5 Å². The average Bonchev–Trinajstić information content (AvgIpc) is 2.59. The Morgan fingerprint density at radius 3 is 3.07 bits per heavy atom. The van der Waals surface area contributed by atoms with Gasteiger partial charge in [-0.1, -0.05) is 0 Å². The number of likely N-dealkylation sites (N-methyl/N-ethyl adjacent to an activating group) is 1. The van der Waals surface area contributed by atoms with E-state index in [1.807, 2.05) is 4.57 Å². The van der Waals surface area contributed by atoms with Gasteiger partial charge in [0.25, 0.3) is 0 Å². The molecule has 4 nitrogen and oxygen atoms in total. The third kappa shape index (κ3) is 1.46. The Hall–Kier alpha value is -1.16. The van der Waals surface area contributed by atoms with Gasteiger partial charge in [0.1, 0.15) is 11.5 Å². The Balaban J connectivity index is 2.24. The fraction of sp³-hybridized carbons (Fsp3) is 0.600. The molecule has 0 saturated carbocycles. The molecule has 0 N–H and O–H groups in total. The van der Waals surface area contributed by atoms with E-state index in [9.17, 15) is 4.79 Å². The molecule has 0 radical (unpaired) electrons. The largest absolute Gasteiger partial charge is 0.326 e. The smallest absolute Gasteiger partial charge is 0.168 e. The number of carbonyl (C=O) groups excluding carboxylic acids is 1. The lowest BCUT2D eigenvalue weighted by atomic mass is 10.1. The van der Waals surface area contributed by atoms with Crippen molar-refractivity contribution in [2.24, 2.45) is 0 Å². The zero-order chi connectivity index (χ0) is 10.1. The van der Waals surface area contributed by atoms with Crippen LogP contribution in [0, 0.1) is 0 Å².